The van der Waals surface area contributed by atoms with E-state index in [1.807, 2.05) is 0 Å². The number of ether oxygens (including phenoxy) is 1. The summed E-state index contributed by atoms with van der Waals surface area (Å²) in [5, 5.41) is 0. The van der Waals surface area contributed by atoms with Crippen LogP contribution in [0, 0.1) is 13.8 Å². The Bertz CT molecular complexity index is 256. The number of aryl methyl sites for hydroxylation is 2. The molecular weight excluding hydrogens is 160 g/mol. The van der Waals surface area contributed by atoms with Crippen LogP contribution in [-0.2, 0) is 11.3 Å². The van der Waals surface area contributed by atoms with Crippen molar-refractivity contribution in [1.82, 2.24) is 0 Å². The maximum atomic E-state index is 5.54. The van der Waals surface area contributed by atoms with E-state index in [4.69, 9.17) is 4.74 Å². The summed E-state index contributed by atoms with van der Waals surface area (Å²) in [7, 11) is 0. The molecule has 0 aliphatic carbocycles. The van der Waals surface area contributed by atoms with Gasteiger partial charge in [-0.25, -0.2) is 0 Å². The van der Waals surface area contributed by atoms with Crippen LogP contribution in [-0.4, -0.2) is 6.10 Å². The lowest BCUT2D eigenvalue weighted by Gasteiger charge is -2.08. The Kier molecular flexibility index (Phi) is 3.49. The highest BCUT2D eigenvalue weighted by atomic mass is 16.5. The minimum Gasteiger partial charge on any atom is -0.374 e. The first-order valence-electron chi connectivity index (χ1n) is 4.76. The Hall–Kier alpha value is -0.820. The van der Waals surface area contributed by atoms with Gasteiger partial charge in [0.1, 0.15) is 0 Å². The molecule has 0 aliphatic rings. The molecule has 0 atom stereocenters. The largest absolute Gasteiger partial charge is 0.374 e. The van der Waals surface area contributed by atoms with Crippen molar-refractivity contribution in [2.24, 2.45) is 0 Å². The van der Waals surface area contributed by atoms with Crippen LogP contribution in [0.2, 0.25) is 0 Å². The molecule has 1 rings (SSSR count). The van der Waals surface area contributed by atoms with Gasteiger partial charge in [0.15, 0.2) is 0 Å². The minimum atomic E-state index is 0.306. The Morgan fingerprint density at radius 3 is 2.08 bits per heavy atom. The van der Waals surface area contributed by atoms with Crippen LogP contribution < -0.4 is 0 Å². The summed E-state index contributed by atoms with van der Waals surface area (Å²) in [5.74, 6) is 0. The van der Waals surface area contributed by atoms with E-state index in [2.05, 4.69) is 45.9 Å². The first-order chi connectivity index (χ1) is 6.08. The van der Waals surface area contributed by atoms with Gasteiger partial charge in [0.2, 0.25) is 0 Å². The van der Waals surface area contributed by atoms with Crippen molar-refractivity contribution in [3.63, 3.8) is 0 Å². The number of hydrogen-bond donors (Lipinski definition) is 0. The fraction of sp³-hybridized carbons (Fsp3) is 0.500. The summed E-state index contributed by atoms with van der Waals surface area (Å²) in [6.45, 7) is 9.07. The lowest BCUT2D eigenvalue weighted by atomic mass is 10.1. The zero-order chi connectivity index (χ0) is 9.84. The molecule has 0 spiro atoms. The summed E-state index contributed by atoms with van der Waals surface area (Å²) in [5.41, 5.74) is 3.89. The number of hydrogen-bond acceptors (Lipinski definition) is 1. The maximum absolute atomic E-state index is 5.54. The van der Waals surface area contributed by atoms with Gasteiger partial charge in [-0.1, -0.05) is 29.3 Å². The van der Waals surface area contributed by atoms with Crippen molar-refractivity contribution in [3.05, 3.63) is 34.9 Å². The second-order valence-corrected chi connectivity index (χ2v) is 3.86. The van der Waals surface area contributed by atoms with Gasteiger partial charge in [0.05, 0.1) is 12.7 Å². The zero-order valence-corrected chi connectivity index (χ0v) is 8.92. The molecule has 72 valence electrons. The standard InChI is InChI=1S/C12H18O/c1-9(2)13-8-12-6-10(3)5-11(4)7-12/h5-7,9H,8H2,1-4H3. The lowest BCUT2D eigenvalue weighted by molar-refractivity contribution is 0.0656. The first-order valence-corrected chi connectivity index (χ1v) is 4.76. The summed E-state index contributed by atoms with van der Waals surface area (Å²) < 4.78 is 5.54. The average Bonchev–Trinajstić information content (AvgIpc) is 1.99. The van der Waals surface area contributed by atoms with Crippen LogP contribution in [0.1, 0.15) is 30.5 Å². The van der Waals surface area contributed by atoms with Crippen molar-refractivity contribution in [3.8, 4) is 0 Å². The molecule has 0 heterocycles. The Morgan fingerprint density at radius 1 is 1.08 bits per heavy atom. The van der Waals surface area contributed by atoms with Gasteiger partial charge in [-0.3, -0.25) is 0 Å². The molecule has 0 bridgehead atoms. The van der Waals surface area contributed by atoms with Crippen LogP contribution in [0.5, 0.6) is 0 Å². The third kappa shape index (κ3) is 3.60. The topological polar surface area (TPSA) is 9.23 Å². The zero-order valence-electron chi connectivity index (χ0n) is 8.92. The Balaban J connectivity index is 2.66. The van der Waals surface area contributed by atoms with E-state index < -0.39 is 0 Å². The van der Waals surface area contributed by atoms with Gasteiger partial charge in [0, 0.05) is 0 Å². The third-order valence-electron chi connectivity index (χ3n) is 1.86. The average molecular weight is 178 g/mol. The number of rotatable bonds is 3. The summed E-state index contributed by atoms with van der Waals surface area (Å²) in [4.78, 5) is 0. The van der Waals surface area contributed by atoms with Gasteiger partial charge in [-0.2, -0.15) is 0 Å². The number of benzene rings is 1. The third-order valence-corrected chi connectivity index (χ3v) is 1.86. The van der Waals surface area contributed by atoms with Gasteiger partial charge in [0.25, 0.3) is 0 Å². The maximum Gasteiger partial charge on any atom is 0.0720 e. The van der Waals surface area contributed by atoms with E-state index >= 15 is 0 Å². The molecule has 1 nitrogen and oxygen atoms in total. The van der Waals surface area contributed by atoms with Crippen LogP contribution in [0.25, 0.3) is 0 Å². The van der Waals surface area contributed by atoms with E-state index in [-0.39, 0.29) is 0 Å². The quantitative estimate of drug-likeness (QED) is 0.690. The van der Waals surface area contributed by atoms with Crippen molar-refractivity contribution < 1.29 is 4.74 Å². The van der Waals surface area contributed by atoms with Gasteiger partial charge >= 0.3 is 0 Å². The molecule has 1 aromatic rings. The van der Waals surface area contributed by atoms with E-state index in [1.54, 1.807) is 0 Å². The molecule has 0 aliphatic heterocycles. The van der Waals surface area contributed by atoms with Gasteiger partial charge in [-0.05, 0) is 33.3 Å². The van der Waals surface area contributed by atoms with Crippen molar-refractivity contribution in [2.75, 3.05) is 0 Å². The fourth-order valence-corrected chi connectivity index (χ4v) is 1.42. The monoisotopic (exact) mass is 178 g/mol. The molecule has 0 unspecified atom stereocenters. The first kappa shape index (κ1) is 10.3. The molecule has 1 heteroatoms. The molecule has 0 saturated carbocycles. The molecule has 0 fully saturated rings. The Labute approximate surface area is 80.7 Å². The summed E-state index contributed by atoms with van der Waals surface area (Å²) >= 11 is 0. The van der Waals surface area contributed by atoms with E-state index in [0.29, 0.717) is 6.10 Å². The van der Waals surface area contributed by atoms with Crippen LogP contribution in [0.3, 0.4) is 0 Å². The lowest BCUT2D eigenvalue weighted by Crippen LogP contribution is -2.02. The van der Waals surface area contributed by atoms with E-state index in [1.165, 1.54) is 16.7 Å². The molecule has 0 aromatic heterocycles. The summed E-state index contributed by atoms with van der Waals surface area (Å²) in [6, 6.07) is 6.53. The Morgan fingerprint density at radius 2 is 1.62 bits per heavy atom. The van der Waals surface area contributed by atoms with Gasteiger partial charge < -0.3 is 4.74 Å². The predicted molar refractivity (Wildman–Crippen MR) is 55.8 cm³/mol. The van der Waals surface area contributed by atoms with E-state index in [0.717, 1.165) is 6.61 Å². The molecule has 13 heavy (non-hydrogen) atoms. The molecule has 0 saturated heterocycles. The molecular formula is C12H18O. The minimum absolute atomic E-state index is 0.306. The highest BCUT2D eigenvalue weighted by molar-refractivity contribution is 5.27. The van der Waals surface area contributed by atoms with Crippen molar-refractivity contribution in [2.45, 2.75) is 40.4 Å². The predicted octanol–water partition coefficient (Wildman–Crippen LogP) is 3.23. The van der Waals surface area contributed by atoms with Crippen molar-refractivity contribution in [1.29, 1.82) is 0 Å². The van der Waals surface area contributed by atoms with Crippen LogP contribution in [0.15, 0.2) is 18.2 Å². The SMILES string of the molecule is Cc1cc(C)cc(COC(C)C)c1. The van der Waals surface area contributed by atoms with Gasteiger partial charge in [-0.15, -0.1) is 0 Å². The van der Waals surface area contributed by atoms with E-state index in [9.17, 15) is 0 Å². The van der Waals surface area contributed by atoms with Crippen molar-refractivity contribution >= 4 is 0 Å². The molecule has 1 aromatic carbocycles. The second kappa shape index (κ2) is 4.43. The highest BCUT2D eigenvalue weighted by Gasteiger charge is 1.97. The highest BCUT2D eigenvalue weighted by Crippen LogP contribution is 2.10. The molecule has 0 radical (unpaired) electrons. The summed E-state index contributed by atoms with van der Waals surface area (Å²) in [6.07, 6.45) is 0.306. The smallest absolute Gasteiger partial charge is 0.0720 e. The fourth-order valence-electron chi connectivity index (χ4n) is 1.42. The van der Waals surface area contributed by atoms with Crippen LogP contribution >= 0.6 is 0 Å². The second-order valence-electron chi connectivity index (χ2n) is 3.86. The normalized spacial score (nSPS) is 10.8. The molecule has 0 amide bonds. The van der Waals surface area contributed by atoms with Crippen LogP contribution in [0.4, 0.5) is 0 Å². The molecule has 0 N–H and O–H groups in total.